The van der Waals surface area contributed by atoms with Crippen molar-refractivity contribution in [2.75, 3.05) is 0 Å². The van der Waals surface area contributed by atoms with E-state index in [0.717, 1.165) is 27.8 Å². The number of aliphatic carboxylic acids is 1. The highest BCUT2D eigenvalue weighted by molar-refractivity contribution is 5.78. The molecule has 0 bridgehead atoms. The zero-order chi connectivity index (χ0) is 13.1. The molecule has 0 saturated carbocycles. The first-order valence-electron chi connectivity index (χ1n) is 5.95. The van der Waals surface area contributed by atoms with Crippen LogP contribution in [0.4, 0.5) is 0 Å². The van der Waals surface area contributed by atoms with E-state index in [9.17, 15) is 4.79 Å². The van der Waals surface area contributed by atoms with Crippen molar-refractivity contribution in [3.05, 3.63) is 59.2 Å². The first-order chi connectivity index (χ1) is 8.58. The maximum absolute atomic E-state index is 10.9. The van der Waals surface area contributed by atoms with Crippen LogP contribution in [0.25, 0.3) is 11.1 Å². The summed E-state index contributed by atoms with van der Waals surface area (Å²) in [4.78, 5) is 10.9. The van der Waals surface area contributed by atoms with Gasteiger partial charge in [-0.3, -0.25) is 4.79 Å². The Labute approximate surface area is 107 Å². The van der Waals surface area contributed by atoms with Crippen molar-refractivity contribution in [2.45, 2.75) is 20.3 Å². The van der Waals surface area contributed by atoms with Crippen LogP contribution < -0.4 is 0 Å². The number of carboxylic acid groups (broad SMARTS) is 1. The minimum absolute atomic E-state index is 0.0595. The number of carboxylic acids is 1. The van der Waals surface area contributed by atoms with Crippen molar-refractivity contribution in [3.63, 3.8) is 0 Å². The molecule has 1 N–H and O–H groups in total. The summed E-state index contributed by atoms with van der Waals surface area (Å²) in [6.45, 7) is 4.06. The third-order valence-electron chi connectivity index (χ3n) is 3.04. The molecule has 2 heteroatoms. The normalized spacial score (nSPS) is 10.3. The van der Waals surface area contributed by atoms with Gasteiger partial charge in [0.15, 0.2) is 0 Å². The Bertz CT molecular complexity index is 585. The van der Waals surface area contributed by atoms with E-state index >= 15 is 0 Å². The maximum atomic E-state index is 10.9. The topological polar surface area (TPSA) is 37.3 Å². The first-order valence-corrected chi connectivity index (χ1v) is 5.95. The van der Waals surface area contributed by atoms with Gasteiger partial charge in [0.1, 0.15) is 0 Å². The van der Waals surface area contributed by atoms with Gasteiger partial charge in [-0.15, -0.1) is 0 Å². The second kappa shape index (κ2) is 5.05. The zero-order valence-electron chi connectivity index (χ0n) is 10.6. The van der Waals surface area contributed by atoms with Crippen molar-refractivity contribution in [1.29, 1.82) is 0 Å². The average molecular weight is 240 g/mol. The Morgan fingerprint density at radius 3 is 2.44 bits per heavy atom. The van der Waals surface area contributed by atoms with Gasteiger partial charge < -0.3 is 5.11 Å². The summed E-state index contributed by atoms with van der Waals surface area (Å²) < 4.78 is 0. The van der Waals surface area contributed by atoms with E-state index in [1.54, 1.807) is 0 Å². The summed E-state index contributed by atoms with van der Waals surface area (Å²) >= 11 is 0. The maximum Gasteiger partial charge on any atom is 0.307 e. The molecule has 2 aromatic rings. The van der Waals surface area contributed by atoms with Crippen LogP contribution in [-0.4, -0.2) is 11.1 Å². The van der Waals surface area contributed by atoms with E-state index in [1.165, 1.54) is 0 Å². The van der Waals surface area contributed by atoms with Gasteiger partial charge in [-0.25, -0.2) is 0 Å². The molecule has 0 aliphatic carbocycles. The standard InChI is InChI=1S/C16H16O2/c1-11-7-8-13(10-16(17)18)15(9-11)14-6-4-3-5-12(14)2/h3-9H,10H2,1-2H3,(H,17,18). The number of benzene rings is 2. The molecule has 2 rings (SSSR count). The molecule has 92 valence electrons. The molecule has 0 saturated heterocycles. The van der Waals surface area contributed by atoms with Gasteiger partial charge in [-0.2, -0.15) is 0 Å². The molecule has 0 fully saturated rings. The van der Waals surface area contributed by atoms with Crippen molar-refractivity contribution >= 4 is 5.97 Å². The molecule has 18 heavy (non-hydrogen) atoms. The second-order valence-electron chi connectivity index (χ2n) is 4.55. The summed E-state index contributed by atoms with van der Waals surface area (Å²) in [6, 6.07) is 14.0. The molecule has 0 radical (unpaired) electrons. The van der Waals surface area contributed by atoms with Crippen molar-refractivity contribution in [3.8, 4) is 11.1 Å². The molecule has 0 atom stereocenters. The predicted molar refractivity (Wildman–Crippen MR) is 72.7 cm³/mol. The highest BCUT2D eigenvalue weighted by atomic mass is 16.4. The third-order valence-corrected chi connectivity index (χ3v) is 3.04. The summed E-state index contributed by atoms with van der Waals surface area (Å²) in [5, 5.41) is 8.98. The zero-order valence-corrected chi connectivity index (χ0v) is 10.6. The lowest BCUT2D eigenvalue weighted by molar-refractivity contribution is -0.136. The van der Waals surface area contributed by atoms with Crippen molar-refractivity contribution < 1.29 is 9.90 Å². The summed E-state index contributed by atoms with van der Waals surface area (Å²) in [5.74, 6) is -0.798. The van der Waals surface area contributed by atoms with Crippen LogP contribution in [0, 0.1) is 13.8 Å². The fourth-order valence-corrected chi connectivity index (χ4v) is 2.13. The van der Waals surface area contributed by atoms with Gasteiger partial charge in [0.25, 0.3) is 0 Å². The van der Waals surface area contributed by atoms with Gasteiger partial charge in [0.2, 0.25) is 0 Å². The van der Waals surface area contributed by atoms with Crippen molar-refractivity contribution in [2.24, 2.45) is 0 Å². The minimum Gasteiger partial charge on any atom is -0.481 e. The SMILES string of the molecule is Cc1ccc(CC(=O)O)c(-c2ccccc2C)c1. The van der Waals surface area contributed by atoms with Crippen LogP contribution in [0.2, 0.25) is 0 Å². The molecule has 0 aliphatic rings. The number of hydrogen-bond donors (Lipinski definition) is 1. The lowest BCUT2D eigenvalue weighted by Gasteiger charge is -2.11. The Hall–Kier alpha value is -2.09. The van der Waals surface area contributed by atoms with E-state index < -0.39 is 5.97 Å². The van der Waals surface area contributed by atoms with Crippen LogP contribution in [0.5, 0.6) is 0 Å². The van der Waals surface area contributed by atoms with E-state index in [-0.39, 0.29) is 6.42 Å². The fourth-order valence-electron chi connectivity index (χ4n) is 2.13. The molecular weight excluding hydrogens is 224 g/mol. The molecule has 2 nitrogen and oxygen atoms in total. The number of aryl methyl sites for hydroxylation is 2. The third kappa shape index (κ3) is 2.59. The van der Waals surface area contributed by atoms with Crippen LogP contribution in [0.1, 0.15) is 16.7 Å². The molecular formula is C16H16O2. The Kier molecular flexibility index (Phi) is 3.47. The molecule has 0 spiro atoms. The van der Waals surface area contributed by atoms with E-state index in [4.69, 9.17) is 5.11 Å². The Balaban J connectivity index is 2.58. The predicted octanol–water partition coefficient (Wildman–Crippen LogP) is 3.60. The minimum atomic E-state index is -0.798. The van der Waals surface area contributed by atoms with Crippen molar-refractivity contribution in [1.82, 2.24) is 0 Å². The number of rotatable bonds is 3. The van der Waals surface area contributed by atoms with E-state index in [1.807, 2.05) is 50.2 Å². The highest BCUT2D eigenvalue weighted by Gasteiger charge is 2.10. The van der Waals surface area contributed by atoms with Crippen LogP contribution >= 0.6 is 0 Å². The smallest absolute Gasteiger partial charge is 0.307 e. The lowest BCUT2D eigenvalue weighted by Crippen LogP contribution is -2.02. The van der Waals surface area contributed by atoms with E-state index in [2.05, 4.69) is 6.07 Å². The second-order valence-corrected chi connectivity index (χ2v) is 4.55. The fraction of sp³-hybridized carbons (Fsp3) is 0.188. The Morgan fingerprint density at radius 2 is 1.78 bits per heavy atom. The first kappa shape index (κ1) is 12.4. The van der Waals surface area contributed by atoms with Gasteiger partial charge in [0, 0.05) is 0 Å². The number of hydrogen-bond acceptors (Lipinski definition) is 1. The molecule has 0 heterocycles. The molecule has 0 unspecified atom stereocenters. The average Bonchev–Trinajstić information content (AvgIpc) is 2.32. The monoisotopic (exact) mass is 240 g/mol. The van der Waals surface area contributed by atoms with Crippen LogP contribution in [0.15, 0.2) is 42.5 Å². The van der Waals surface area contributed by atoms with Gasteiger partial charge in [0.05, 0.1) is 6.42 Å². The molecule has 2 aromatic carbocycles. The molecule has 0 amide bonds. The highest BCUT2D eigenvalue weighted by Crippen LogP contribution is 2.28. The summed E-state index contributed by atoms with van der Waals surface area (Å²) in [7, 11) is 0. The van der Waals surface area contributed by atoms with Gasteiger partial charge >= 0.3 is 5.97 Å². The van der Waals surface area contributed by atoms with Gasteiger partial charge in [-0.1, -0.05) is 48.0 Å². The molecule has 0 aromatic heterocycles. The van der Waals surface area contributed by atoms with Crippen LogP contribution in [-0.2, 0) is 11.2 Å². The quantitative estimate of drug-likeness (QED) is 0.890. The largest absolute Gasteiger partial charge is 0.481 e. The summed E-state index contributed by atoms with van der Waals surface area (Å²) in [5.41, 5.74) is 5.30. The number of carbonyl (C=O) groups is 1. The van der Waals surface area contributed by atoms with Gasteiger partial charge in [-0.05, 0) is 36.1 Å². The Morgan fingerprint density at radius 1 is 1.06 bits per heavy atom. The summed E-state index contributed by atoms with van der Waals surface area (Å²) in [6.07, 6.45) is 0.0595. The lowest BCUT2D eigenvalue weighted by atomic mass is 9.93. The van der Waals surface area contributed by atoms with E-state index in [0.29, 0.717) is 0 Å². The molecule has 0 aliphatic heterocycles. The van der Waals surface area contributed by atoms with Crippen LogP contribution in [0.3, 0.4) is 0 Å².